The minimum Gasteiger partial charge on any atom is -0.349 e. The average Bonchev–Trinajstić information content (AvgIpc) is 3.03. The zero-order valence-corrected chi connectivity index (χ0v) is 17.3. The summed E-state index contributed by atoms with van der Waals surface area (Å²) in [7, 11) is 3.52. The highest BCUT2D eigenvalue weighted by Gasteiger charge is 2.57. The van der Waals surface area contributed by atoms with Gasteiger partial charge in [-0.25, -0.2) is 0 Å². The van der Waals surface area contributed by atoms with Crippen LogP contribution in [0.25, 0.3) is 0 Å². The number of rotatable bonds is 7. The molecule has 1 unspecified atom stereocenters. The number of amides is 2. The van der Waals surface area contributed by atoms with E-state index in [-0.39, 0.29) is 24.2 Å². The second-order valence-electron chi connectivity index (χ2n) is 7.63. The number of piperidine rings is 1. The van der Waals surface area contributed by atoms with Gasteiger partial charge >= 0.3 is 0 Å². The molecule has 1 saturated heterocycles. The smallest absolute Gasteiger partial charge is 0.223 e. The van der Waals surface area contributed by atoms with Crippen LogP contribution in [0.3, 0.4) is 0 Å². The van der Waals surface area contributed by atoms with E-state index in [1.165, 1.54) is 18.4 Å². The van der Waals surface area contributed by atoms with E-state index in [0.29, 0.717) is 37.3 Å². The molecule has 0 bridgehead atoms. The number of halogens is 1. The largest absolute Gasteiger partial charge is 0.349 e. The van der Waals surface area contributed by atoms with Gasteiger partial charge in [-0.05, 0) is 66.6 Å². The Hall–Kier alpha value is -1.11. The number of carbonyl (C=O) groups excluding carboxylic acids is 2. The number of hydrogen-bond donors (Lipinski definition) is 1. The van der Waals surface area contributed by atoms with Crippen LogP contribution in [0.15, 0.2) is 16.8 Å². The molecular weight excluding hydrogens is 370 g/mol. The summed E-state index contributed by atoms with van der Waals surface area (Å²) in [6.45, 7) is 2.84. The molecule has 1 saturated carbocycles. The highest BCUT2D eigenvalue weighted by molar-refractivity contribution is 7.07. The third kappa shape index (κ3) is 4.99. The predicted octanol–water partition coefficient (Wildman–Crippen LogP) is 2.90. The van der Waals surface area contributed by atoms with Crippen LogP contribution in [-0.2, 0) is 16.1 Å². The maximum absolute atomic E-state index is 12.9. The third-order valence-electron chi connectivity index (χ3n) is 5.66. The zero-order chi connectivity index (χ0) is 17.9. The normalized spacial score (nSPS) is 20.3. The molecule has 7 heteroatoms. The van der Waals surface area contributed by atoms with Gasteiger partial charge in [0.2, 0.25) is 11.8 Å². The molecule has 2 aliphatic rings. The van der Waals surface area contributed by atoms with E-state index in [9.17, 15) is 9.59 Å². The Morgan fingerprint density at radius 1 is 1.23 bits per heavy atom. The lowest BCUT2D eigenvalue weighted by Gasteiger charge is -2.29. The molecule has 1 aliphatic carbocycles. The van der Waals surface area contributed by atoms with E-state index in [1.54, 1.807) is 30.3 Å². The van der Waals surface area contributed by atoms with Gasteiger partial charge in [0.1, 0.15) is 0 Å². The summed E-state index contributed by atoms with van der Waals surface area (Å²) in [6, 6.07) is 2.49. The molecule has 3 rings (SSSR count). The van der Waals surface area contributed by atoms with Gasteiger partial charge in [0, 0.05) is 39.5 Å². The Morgan fingerprint density at radius 3 is 2.54 bits per heavy atom. The Morgan fingerprint density at radius 2 is 1.92 bits per heavy atom. The summed E-state index contributed by atoms with van der Waals surface area (Å²) >= 11 is 1.68. The van der Waals surface area contributed by atoms with Crippen LogP contribution >= 0.6 is 23.7 Å². The molecule has 2 fully saturated rings. The average molecular weight is 400 g/mol. The van der Waals surface area contributed by atoms with Crippen LogP contribution in [0.1, 0.15) is 44.1 Å². The molecule has 1 aromatic heterocycles. The molecule has 1 aliphatic heterocycles. The fourth-order valence-electron chi connectivity index (χ4n) is 3.94. The van der Waals surface area contributed by atoms with Crippen molar-refractivity contribution in [2.75, 3.05) is 27.2 Å². The molecule has 2 heterocycles. The molecule has 1 atom stereocenters. The molecule has 26 heavy (non-hydrogen) atoms. The molecule has 1 spiro atoms. The van der Waals surface area contributed by atoms with Crippen LogP contribution < -0.4 is 5.32 Å². The van der Waals surface area contributed by atoms with Crippen molar-refractivity contribution in [2.45, 2.75) is 51.1 Å². The lowest BCUT2D eigenvalue weighted by molar-refractivity contribution is -0.133. The lowest BCUT2D eigenvalue weighted by atomic mass is 9.93. The molecule has 0 radical (unpaired) electrons. The van der Waals surface area contributed by atoms with E-state index in [4.69, 9.17) is 0 Å². The van der Waals surface area contributed by atoms with E-state index in [1.807, 2.05) is 0 Å². The number of nitrogens with one attached hydrogen (secondary N) is 1. The standard InChI is InChI=1S/C19H29N3O2S.ClH/c1-21(2)17(23)4-3-5-18(24)22(13-15-6-11-25-14-15)16-12-19(16)7-9-20-10-8-19;/h6,11,14,16,20H,3-5,7-10,12-13H2,1-2H3;1H. The first kappa shape index (κ1) is 21.2. The molecule has 5 nitrogen and oxygen atoms in total. The minimum atomic E-state index is 0. The summed E-state index contributed by atoms with van der Waals surface area (Å²) < 4.78 is 0. The Labute approximate surface area is 166 Å². The maximum Gasteiger partial charge on any atom is 0.223 e. The topological polar surface area (TPSA) is 52.7 Å². The van der Waals surface area contributed by atoms with Crippen LogP contribution in [0.2, 0.25) is 0 Å². The van der Waals surface area contributed by atoms with Crippen LogP contribution in [0.4, 0.5) is 0 Å². The van der Waals surface area contributed by atoms with Crippen LogP contribution in [0, 0.1) is 5.41 Å². The zero-order valence-electron chi connectivity index (χ0n) is 15.7. The SMILES string of the molecule is CN(C)C(=O)CCCC(=O)N(Cc1ccsc1)C1CC12CCNCC2.Cl. The van der Waals surface area contributed by atoms with E-state index >= 15 is 0 Å². The van der Waals surface area contributed by atoms with Gasteiger partial charge in [0.05, 0.1) is 0 Å². The van der Waals surface area contributed by atoms with E-state index < -0.39 is 0 Å². The fourth-order valence-corrected chi connectivity index (χ4v) is 4.60. The van der Waals surface area contributed by atoms with Crippen molar-refractivity contribution in [2.24, 2.45) is 5.41 Å². The third-order valence-corrected chi connectivity index (χ3v) is 6.39. The Balaban J connectivity index is 0.00000243. The van der Waals surface area contributed by atoms with Gasteiger partial charge in [-0.1, -0.05) is 0 Å². The Bertz CT molecular complexity index is 600. The van der Waals surface area contributed by atoms with E-state index in [0.717, 1.165) is 19.5 Å². The molecule has 1 aromatic rings. The van der Waals surface area contributed by atoms with Gasteiger partial charge in [-0.15, -0.1) is 12.4 Å². The minimum absolute atomic E-state index is 0. The second kappa shape index (κ2) is 9.20. The Kier molecular flexibility index (Phi) is 7.50. The van der Waals surface area contributed by atoms with Crippen molar-refractivity contribution in [1.82, 2.24) is 15.1 Å². The molecule has 0 aromatic carbocycles. The monoisotopic (exact) mass is 399 g/mol. The summed E-state index contributed by atoms with van der Waals surface area (Å²) in [5, 5.41) is 7.63. The molecule has 1 N–H and O–H groups in total. The first-order valence-corrected chi connectivity index (χ1v) is 10.2. The number of carbonyl (C=O) groups is 2. The van der Waals surface area contributed by atoms with Crippen LogP contribution in [0.5, 0.6) is 0 Å². The maximum atomic E-state index is 12.9. The van der Waals surface area contributed by atoms with Crippen molar-refractivity contribution in [3.63, 3.8) is 0 Å². The molecule has 146 valence electrons. The van der Waals surface area contributed by atoms with Gasteiger partial charge in [-0.2, -0.15) is 11.3 Å². The van der Waals surface area contributed by atoms with Gasteiger partial charge < -0.3 is 15.1 Å². The van der Waals surface area contributed by atoms with Crippen molar-refractivity contribution in [1.29, 1.82) is 0 Å². The number of thiophene rings is 1. The van der Waals surface area contributed by atoms with Gasteiger partial charge in [-0.3, -0.25) is 9.59 Å². The van der Waals surface area contributed by atoms with Crippen molar-refractivity contribution in [3.05, 3.63) is 22.4 Å². The summed E-state index contributed by atoms with van der Waals surface area (Å²) in [4.78, 5) is 28.4. The summed E-state index contributed by atoms with van der Waals surface area (Å²) in [6.07, 6.45) is 5.03. The summed E-state index contributed by atoms with van der Waals surface area (Å²) in [5.41, 5.74) is 1.56. The molecule has 2 amide bonds. The second-order valence-corrected chi connectivity index (χ2v) is 8.41. The predicted molar refractivity (Wildman–Crippen MR) is 108 cm³/mol. The van der Waals surface area contributed by atoms with Crippen molar-refractivity contribution >= 4 is 35.6 Å². The highest BCUT2D eigenvalue weighted by Crippen LogP contribution is 2.56. The first-order valence-electron chi connectivity index (χ1n) is 9.23. The number of nitrogens with zero attached hydrogens (tertiary/aromatic N) is 2. The first-order chi connectivity index (χ1) is 12.0. The lowest BCUT2D eigenvalue weighted by Crippen LogP contribution is -2.39. The van der Waals surface area contributed by atoms with Crippen molar-refractivity contribution < 1.29 is 9.59 Å². The highest BCUT2D eigenvalue weighted by atomic mass is 35.5. The van der Waals surface area contributed by atoms with Gasteiger partial charge in [0.25, 0.3) is 0 Å². The molecular formula is C19H30ClN3O2S. The van der Waals surface area contributed by atoms with Crippen molar-refractivity contribution in [3.8, 4) is 0 Å². The van der Waals surface area contributed by atoms with Gasteiger partial charge in [0.15, 0.2) is 0 Å². The fraction of sp³-hybridized carbons (Fsp3) is 0.684. The quantitative estimate of drug-likeness (QED) is 0.766. The number of hydrogen-bond acceptors (Lipinski definition) is 4. The summed E-state index contributed by atoms with van der Waals surface area (Å²) in [5.74, 6) is 0.302. The van der Waals surface area contributed by atoms with E-state index in [2.05, 4.69) is 27.0 Å². The van der Waals surface area contributed by atoms with Crippen LogP contribution in [-0.4, -0.2) is 54.8 Å².